The second kappa shape index (κ2) is 15.7. The minimum atomic E-state index is -0.357. The molecule has 0 amide bonds. The molecule has 2 saturated heterocycles. The minimum absolute atomic E-state index is 0.321. The van der Waals surface area contributed by atoms with Crippen LogP contribution in [0.4, 0.5) is 0 Å². The summed E-state index contributed by atoms with van der Waals surface area (Å²) in [5.74, 6) is 1.63. The van der Waals surface area contributed by atoms with Crippen molar-refractivity contribution in [2.45, 2.75) is 195 Å². The number of unbranched alkanes of at least 4 members (excludes halogenated alkanes) is 2. The van der Waals surface area contributed by atoms with Gasteiger partial charge in [-0.25, -0.2) is 0 Å². The van der Waals surface area contributed by atoms with Gasteiger partial charge in [0, 0.05) is 19.0 Å². The van der Waals surface area contributed by atoms with Crippen LogP contribution in [0.5, 0.6) is 0 Å². The fraction of sp³-hybridized carbons (Fsp3) is 0.842. The molecule has 0 N–H and O–H groups in total. The Hall–Kier alpha value is -0.370. The summed E-state index contributed by atoms with van der Waals surface area (Å²) in [6.45, 7) is 26.7. The molecule has 2 fully saturated rings. The molecule has 2 aromatic rings. The van der Waals surface area contributed by atoms with Crippen LogP contribution in [0.3, 0.4) is 0 Å². The van der Waals surface area contributed by atoms with Crippen LogP contribution < -0.4 is 9.55 Å². The average Bonchev–Trinajstić information content (AvgIpc) is 3.64. The maximum Gasteiger partial charge on any atom is 0.505 e. The largest absolute Gasteiger partial charge is 0.505 e. The summed E-state index contributed by atoms with van der Waals surface area (Å²) in [6.07, 6.45) is 17.6. The Kier molecular flexibility index (Phi) is 13.1. The third-order valence-electron chi connectivity index (χ3n) is 11.9. The van der Waals surface area contributed by atoms with Crippen LogP contribution in [0.25, 0.3) is 9.40 Å². The van der Waals surface area contributed by atoms with E-state index in [2.05, 4.69) is 83.1 Å². The van der Waals surface area contributed by atoms with E-state index in [9.17, 15) is 0 Å². The van der Waals surface area contributed by atoms with Crippen molar-refractivity contribution >= 4 is 55.9 Å². The average molecular weight is 673 g/mol. The van der Waals surface area contributed by atoms with E-state index in [1.54, 1.807) is 0 Å². The van der Waals surface area contributed by atoms with Crippen molar-refractivity contribution in [3.63, 3.8) is 0 Å². The Balaban J connectivity index is 1.74. The topological polar surface area (TPSA) is 36.9 Å². The van der Waals surface area contributed by atoms with E-state index < -0.39 is 0 Å². The van der Waals surface area contributed by atoms with E-state index in [1.807, 2.05) is 22.7 Å². The zero-order chi connectivity index (χ0) is 33.9. The van der Waals surface area contributed by atoms with E-state index in [0.717, 1.165) is 24.7 Å². The zero-order valence-electron chi connectivity index (χ0n) is 31.7. The van der Waals surface area contributed by atoms with Crippen molar-refractivity contribution in [3.05, 3.63) is 11.1 Å². The van der Waals surface area contributed by atoms with Gasteiger partial charge in [0.05, 0.1) is 22.4 Å². The molecule has 4 nitrogen and oxygen atoms in total. The van der Waals surface area contributed by atoms with Crippen molar-refractivity contribution in [1.29, 1.82) is 0 Å². The molecule has 4 heterocycles. The van der Waals surface area contributed by atoms with Gasteiger partial charge in [0.2, 0.25) is 0 Å². The highest BCUT2D eigenvalue weighted by Gasteiger charge is 2.55. The molecule has 46 heavy (non-hydrogen) atoms. The summed E-state index contributed by atoms with van der Waals surface area (Å²) in [7, 11) is -0.642. The zero-order valence-corrected chi connectivity index (χ0v) is 33.3. The minimum Gasteiger partial charge on any atom is -0.399 e. The molecule has 2 aliphatic rings. The van der Waals surface area contributed by atoms with Crippen molar-refractivity contribution < 1.29 is 18.6 Å². The van der Waals surface area contributed by atoms with Crippen molar-refractivity contribution in [2.24, 2.45) is 11.8 Å². The molecule has 0 bridgehead atoms. The molecule has 2 aromatic heterocycles. The van der Waals surface area contributed by atoms with Crippen LogP contribution in [0.2, 0.25) is 0 Å². The molecule has 2 unspecified atom stereocenters. The first-order chi connectivity index (χ1) is 21.6. The normalized spacial score (nSPS) is 21.5. The van der Waals surface area contributed by atoms with Gasteiger partial charge in [0.1, 0.15) is 0 Å². The quantitative estimate of drug-likeness (QED) is 0.148. The first-order valence-electron chi connectivity index (χ1n) is 18.9. The lowest BCUT2D eigenvalue weighted by Gasteiger charge is -2.32. The fourth-order valence-corrected chi connectivity index (χ4v) is 10.00. The monoisotopic (exact) mass is 672 g/mol. The van der Waals surface area contributed by atoms with Gasteiger partial charge in [-0.2, -0.15) is 0 Å². The predicted molar refractivity (Wildman–Crippen MR) is 204 cm³/mol. The van der Waals surface area contributed by atoms with E-state index in [0.29, 0.717) is 0 Å². The van der Waals surface area contributed by atoms with Gasteiger partial charge < -0.3 is 18.6 Å². The number of rotatable bonds is 18. The molecule has 2 aliphatic heterocycles. The summed E-state index contributed by atoms with van der Waals surface area (Å²) in [5, 5.41) is 0. The molecule has 8 heteroatoms. The summed E-state index contributed by atoms with van der Waals surface area (Å²) in [5.41, 5.74) is 1.47. The lowest BCUT2D eigenvalue weighted by atomic mass is 9.82. The van der Waals surface area contributed by atoms with E-state index in [4.69, 9.17) is 18.6 Å². The maximum absolute atomic E-state index is 6.72. The second-order valence-electron chi connectivity index (χ2n) is 16.3. The lowest BCUT2D eigenvalue weighted by Crippen LogP contribution is -2.41. The summed E-state index contributed by atoms with van der Waals surface area (Å²) in [6, 6.07) is 0. The summed E-state index contributed by atoms with van der Waals surface area (Å²) in [4.78, 5) is 0. The molecule has 4 rings (SSSR count). The number of aryl methyl sites for hydroxylation is 2. The molecular formula is C38H66B2O4S2. The molecule has 0 aliphatic carbocycles. The Bertz CT molecular complexity index is 1140. The summed E-state index contributed by atoms with van der Waals surface area (Å²) < 4.78 is 32.3. The van der Waals surface area contributed by atoms with Gasteiger partial charge in [-0.05, 0) is 104 Å². The van der Waals surface area contributed by atoms with Gasteiger partial charge in [0.15, 0.2) is 0 Å². The molecule has 0 radical (unpaired) electrons. The highest BCUT2D eigenvalue weighted by Crippen LogP contribution is 2.43. The predicted octanol–water partition coefficient (Wildman–Crippen LogP) is 10.6. The van der Waals surface area contributed by atoms with Crippen LogP contribution >= 0.6 is 22.7 Å². The molecule has 2 atom stereocenters. The third kappa shape index (κ3) is 8.32. The highest BCUT2D eigenvalue weighted by atomic mass is 32.1. The lowest BCUT2D eigenvalue weighted by molar-refractivity contribution is 0.00578. The van der Waals surface area contributed by atoms with Crippen LogP contribution in [0.1, 0.15) is 171 Å². The third-order valence-corrected chi connectivity index (χ3v) is 14.6. The maximum atomic E-state index is 6.72. The Labute approximate surface area is 291 Å². The van der Waals surface area contributed by atoms with Crippen molar-refractivity contribution in [2.75, 3.05) is 0 Å². The molecule has 0 spiro atoms. The molecule has 0 aromatic carbocycles. The number of fused-ring (bicyclic) bond motifs is 1. The Morgan fingerprint density at radius 3 is 1.09 bits per heavy atom. The van der Waals surface area contributed by atoms with Gasteiger partial charge in [-0.3, -0.25) is 0 Å². The fourth-order valence-electron chi connectivity index (χ4n) is 7.04. The van der Waals surface area contributed by atoms with Gasteiger partial charge in [0.25, 0.3) is 0 Å². The smallest absolute Gasteiger partial charge is 0.399 e. The van der Waals surface area contributed by atoms with Crippen LogP contribution in [0, 0.1) is 11.8 Å². The van der Waals surface area contributed by atoms with E-state index in [1.165, 1.54) is 107 Å². The first kappa shape index (κ1) is 38.4. The Morgan fingerprint density at radius 2 is 0.804 bits per heavy atom. The standard InChI is InChI=1S/C38H66B2O4S2/c1-13-17-21-27(15-3)23-19-25-29-31-32(46-33(29)39-41-35(5,6)36(7,8)42-39)30(26-20-24-28(16-4)22-18-14-2)34(45-31)40-43-37(9,10)38(11,12)44-40/h27-28H,13-26H2,1-12H3. The second-order valence-corrected chi connectivity index (χ2v) is 18.4. The van der Waals surface area contributed by atoms with E-state index in [-0.39, 0.29) is 36.6 Å². The molecular weight excluding hydrogens is 606 g/mol. The number of hydrogen-bond donors (Lipinski definition) is 0. The summed E-state index contributed by atoms with van der Waals surface area (Å²) >= 11 is 3.87. The van der Waals surface area contributed by atoms with Crippen molar-refractivity contribution in [3.8, 4) is 0 Å². The Morgan fingerprint density at radius 1 is 0.500 bits per heavy atom. The molecule has 0 saturated carbocycles. The van der Waals surface area contributed by atoms with Crippen molar-refractivity contribution in [1.82, 2.24) is 0 Å². The number of hydrogen-bond acceptors (Lipinski definition) is 6. The van der Waals surface area contributed by atoms with E-state index >= 15 is 0 Å². The van der Waals surface area contributed by atoms with Gasteiger partial charge in [-0.15, -0.1) is 22.7 Å². The van der Waals surface area contributed by atoms with Gasteiger partial charge >= 0.3 is 14.2 Å². The SMILES string of the molecule is CCCCC(CC)CCCc1c(B2OC(C)(C)C(C)(C)O2)sc2c(CCCC(CC)CCCC)c(B3OC(C)(C)C(C)(C)O3)sc12. The first-order valence-corrected chi connectivity index (χ1v) is 20.5. The number of thiophene rings is 2. The van der Waals surface area contributed by atoms with Crippen LogP contribution in [0.15, 0.2) is 0 Å². The molecule has 260 valence electrons. The van der Waals surface area contributed by atoms with Crippen LogP contribution in [-0.2, 0) is 31.5 Å². The highest BCUT2D eigenvalue weighted by molar-refractivity contribution is 7.37. The van der Waals surface area contributed by atoms with Crippen LogP contribution in [-0.4, -0.2) is 36.6 Å². The van der Waals surface area contributed by atoms with Gasteiger partial charge in [-0.1, -0.05) is 91.9 Å².